The quantitative estimate of drug-likeness (QED) is 0.0242. The van der Waals surface area contributed by atoms with Crippen molar-refractivity contribution in [2.24, 2.45) is 10.3 Å². The van der Waals surface area contributed by atoms with Crippen LogP contribution in [0.4, 0.5) is 69.3 Å². The number of anilines is 8. The molecule has 113 heavy (non-hydrogen) atoms. The Morgan fingerprint density at radius 2 is 0.655 bits per heavy atom. The molecule has 0 radical (unpaired) electrons. The first-order chi connectivity index (χ1) is 54.1. The molecule has 574 valence electrons. The van der Waals surface area contributed by atoms with Crippen LogP contribution in [0.5, 0.6) is 34.5 Å². The van der Waals surface area contributed by atoms with Gasteiger partial charge in [-0.05, 0) is 177 Å². The number of nitrogens with two attached hydrogens (primary N) is 2. The number of ether oxygens (including phenoxy) is 5. The number of aryl methyl sites for hydroxylation is 2. The number of rotatable bonds is 24. The molecule has 4 heterocycles. The number of primary sulfonamides is 2. The number of methoxy groups -OCH3 is 4. The number of nitrogens with zero attached hydrogens (tertiary/aromatic N) is 12. The van der Waals surface area contributed by atoms with Crippen molar-refractivity contribution in [1.82, 2.24) is 39.9 Å². The predicted octanol–water partition coefficient (Wildman–Crippen LogP) is 14.9. The van der Waals surface area contributed by atoms with E-state index in [2.05, 4.69) is 67.2 Å². The molecule has 0 fully saturated rings. The fourth-order valence-corrected chi connectivity index (χ4v) is 11.7. The SMILES string of the molecule is COc1ccc(-c2ccnc(Nc3cc(C)cc(C)c3)n2)cc1[N+](=O)[O-].COc1ccc(-c2ccnc(Nc3ccc(S(N)(=O)=O)cc3)n2)cc1[N+](=O)[O-].COc1ccc(-c2ccnc(Nc3cccc(Oc4ccccc4)c3)n2)cc1[N+](=O)[O-].COc1ccc(-c2ccnc(Nc3cccc(S(N)(=O)=O)c3)n2)cc1[N+](=O)[O-]. The molecule has 0 unspecified atom stereocenters. The number of sulfonamides is 2. The number of hydrogen-bond donors (Lipinski definition) is 6. The lowest BCUT2D eigenvalue weighted by molar-refractivity contribution is -0.385. The van der Waals surface area contributed by atoms with E-state index in [1.54, 1.807) is 79.1 Å². The zero-order valence-electron chi connectivity index (χ0n) is 60.4. The predicted molar refractivity (Wildman–Crippen MR) is 420 cm³/mol. The van der Waals surface area contributed by atoms with Gasteiger partial charge in [-0.2, -0.15) is 0 Å². The van der Waals surface area contributed by atoms with E-state index in [0.717, 1.165) is 28.3 Å². The van der Waals surface area contributed by atoms with Gasteiger partial charge < -0.3 is 45.0 Å². The van der Waals surface area contributed by atoms with Gasteiger partial charge in [-0.15, -0.1) is 0 Å². The molecule has 0 amide bonds. The molecule has 0 aliphatic rings. The normalized spacial score (nSPS) is 10.7. The monoisotopic (exact) mass is 1570 g/mol. The van der Waals surface area contributed by atoms with Crippen LogP contribution in [0.3, 0.4) is 0 Å². The second-order valence-corrected chi connectivity index (χ2v) is 26.7. The number of aromatic nitrogens is 8. The molecule has 0 saturated heterocycles. The zero-order valence-corrected chi connectivity index (χ0v) is 62.0. The molecule has 13 aromatic rings. The Hall–Kier alpha value is -15.1. The number of nitro benzene ring substituents is 4. The largest absolute Gasteiger partial charge is 0.490 e. The highest BCUT2D eigenvalue weighted by molar-refractivity contribution is 7.89. The fourth-order valence-electron chi connectivity index (χ4n) is 10.6. The summed E-state index contributed by atoms with van der Waals surface area (Å²) in [6, 6.07) is 59.6. The van der Waals surface area contributed by atoms with E-state index in [4.69, 9.17) is 34.0 Å². The van der Waals surface area contributed by atoms with Gasteiger partial charge in [0.2, 0.25) is 43.8 Å². The third-order valence-electron chi connectivity index (χ3n) is 15.7. The van der Waals surface area contributed by atoms with E-state index in [1.165, 1.54) is 120 Å². The number of nitrogens with one attached hydrogen (secondary N) is 4. The minimum absolute atomic E-state index is 0.0155. The number of nitro groups is 4. The molecular weight excluding hydrogens is 1500 g/mol. The van der Waals surface area contributed by atoms with Gasteiger partial charge in [0.15, 0.2) is 23.0 Å². The molecule has 8 N–H and O–H groups in total. The van der Waals surface area contributed by atoms with Gasteiger partial charge in [-0.25, -0.2) is 67.0 Å². The minimum atomic E-state index is -3.84. The number of benzene rings is 9. The Kier molecular flexibility index (Phi) is 26.1. The number of hydrogen-bond acceptors (Lipinski definition) is 29. The summed E-state index contributed by atoms with van der Waals surface area (Å²) in [5.41, 5.74) is 8.51. The summed E-state index contributed by atoms with van der Waals surface area (Å²) in [6.45, 7) is 4.04. The molecule has 0 aliphatic heterocycles. The van der Waals surface area contributed by atoms with Crippen LogP contribution in [0.15, 0.2) is 253 Å². The molecule has 35 nitrogen and oxygen atoms in total. The topological polar surface area (TPSA) is 490 Å². The van der Waals surface area contributed by atoms with Gasteiger partial charge >= 0.3 is 22.7 Å². The summed E-state index contributed by atoms with van der Waals surface area (Å²) >= 11 is 0. The van der Waals surface area contributed by atoms with Crippen LogP contribution in [0.1, 0.15) is 11.1 Å². The Morgan fingerprint density at radius 1 is 0.327 bits per heavy atom. The molecular formula is C76H66N18O17S2. The van der Waals surface area contributed by atoms with Gasteiger partial charge in [0.05, 0.1) is 80.7 Å². The Bertz CT molecular complexity index is 5880. The molecule has 0 bridgehead atoms. The van der Waals surface area contributed by atoms with E-state index in [-0.39, 0.29) is 67.4 Å². The first kappa shape index (κ1) is 80.5. The van der Waals surface area contributed by atoms with Gasteiger partial charge in [0, 0.05) is 100 Å². The summed E-state index contributed by atoms with van der Waals surface area (Å²) in [7, 11) is -2.12. The van der Waals surface area contributed by atoms with Crippen molar-refractivity contribution in [3.8, 4) is 79.5 Å². The van der Waals surface area contributed by atoms with Crippen LogP contribution < -0.4 is 55.2 Å². The smallest absolute Gasteiger partial charge is 0.311 e. The molecule has 37 heteroatoms. The van der Waals surface area contributed by atoms with Gasteiger partial charge in [-0.3, -0.25) is 40.5 Å². The Balaban J connectivity index is 0.000000160. The lowest BCUT2D eigenvalue weighted by Gasteiger charge is -2.10. The van der Waals surface area contributed by atoms with Crippen molar-refractivity contribution in [2.45, 2.75) is 23.6 Å². The lowest BCUT2D eigenvalue weighted by Crippen LogP contribution is -2.12. The lowest BCUT2D eigenvalue weighted by atomic mass is 10.1. The maximum absolute atomic E-state index is 11.5. The first-order valence-corrected chi connectivity index (χ1v) is 36.1. The van der Waals surface area contributed by atoms with E-state index < -0.39 is 39.7 Å². The second-order valence-electron chi connectivity index (χ2n) is 23.6. The van der Waals surface area contributed by atoms with E-state index >= 15 is 0 Å². The first-order valence-electron chi connectivity index (χ1n) is 33.0. The van der Waals surface area contributed by atoms with Crippen LogP contribution in [0.25, 0.3) is 45.0 Å². The minimum Gasteiger partial charge on any atom is -0.490 e. The molecule has 4 aromatic heterocycles. The van der Waals surface area contributed by atoms with Crippen molar-refractivity contribution < 1.29 is 60.2 Å². The van der Waals surface area contributed by atoms with Crippen LogP contribution >= 0.6 is 0 Å². The highest BCUT2D eigenvalue weighted by atomic mass is 32.2. The average molecular weight is 1570 g/mol. The second kappa shape index (κ2) is 36.7. The molecule has 0 saturated carbocycles. The molecule has 9 aromatic carbocycles. The summed E-state index contributed by atoms with van der Waals surface area (Å²) < 4.78 is 71.5. The van der Waals surface area contributed by atoms with Crippen molar-refractivity contribution in [2.75, 3.05) is 49.7 Å². The van der Waals surface area contributed by atoms with Gasteiger partial charge in [-0.1, -0.05) is 36.4 Å². The Morgan fingerprint density at radius 3 is 1.00 bits per heavy atom. The summed E-state index contributed by atoms with van der Waals surface area (Å²) in [5, 5.41) is 67.3. The van der Waals surface area contributed by atoms with Gasteiger partial charge in [0.1, 0.15) is 11.5 Å². The highest BCUT2D eigenvalue weighted by Crippen LogP contribution is 2.37. The molecule has 13 rings (SSSR count). The summed E-state index contributed by atoms with van der Waals surface area (Å²) in [5.74, 6) is 3.28. The molecule has 0 aliphatic carbocycles. The van der Waals surface area contributed by atoms with Gasteiger partial charge in [0.25, 0.3) is 0 Å². The molecule has 0 spiro atoms. The highest BCUT2D eigenvalue weighted by Gasteiger charge is 2.22. The van der Waals surface area contributed by atoms with E-state index in [0.29, 0.717) is 74.1 Å². The van der Waals surface area contributed by atoms with Crippen LogP contribution in [-0.2, 0) is 20.0 Å². The molecule has 0 atom stereocenters. The fraction of sp³-hybridized carbons (Fsp3) is 0.0789. The third-order valence-corrected chi connectivity index (χ3v) is 17.6. The standard InChI is InChI=1S/C23H18N4O4.C19H18N4O3.2C17H15N5O5S/c1-30-22-11-10-16(14-21(22)27(28)29)20-12-13-24-23(26-20)25-17-6-5-9-19(15-17)31-18-7-3-2-4-8-18;1-12-8-13(2)10-15(9-12)21-19-20-7-6-16(22-19)14-4-5-18(26-3)17(11-14)23(24)25;1-27-16-7-2-11(10-15(16)22(23)24)14-8-9-19-17(21-14)20-12-3-5-13(6-4-12)28(18,25)26;1-27-16-6-5-11(9-15(16)22(23)24)14-7-8-19-17(21-14)20-12-3-2-4-13(10-12)28(18,25)26/h2-15H,1H3,(H,24,25,26);4-11H,1-3H3,(H,20,21,22);2*2-10H,1H3,(H2,18,25,26)(H,19,20,21). The van der Waals surface area contributed by atoms with Crippen molar-refractivity contribution in [1.29, 1.82) is 0 Å². The maximum Gasteiger partial charge on any atom is 0.311 e. The average Bonchev–Trinajstić information content (AvgIpc) is 0.804. The zero-order chi connectivity index (χ0) is 80.9. The third kappa shape index (κ3) is 22.1. The maximum atomic E-state index is 11.5. The Labute approximate surface area is 644 Å². The summed E-state index contributed by atoms with van der Waals surface area (Å²) in [6.07, 6.45) is 6.18. The van der Waals surface area contributed by atoms with Crippen molar-refractivity contribution >= 4 is 89.3 Å². The van der Waals surface area contributed by atoms with Crippen LogP contribution in [-0.4, -0.2) is 105 Å². The van der Waals surface area contributed by atoms with Crippen LogP contribution in [0, 0.1) is 54.3 Å². The van der Waals surface area contributed by atoms with E-state index in [9.17, 15) is 57.3 Å². The van der Waals surface area contributed by atoms with E-state index in [1.807, 2.05) is 80.6 Å². The van der Waals surface area contributed by atoms with Crippen molar-refractivity contribution in [3.05, 3.63) is 295 Å². The van der Waals surface area contributed by atoms with Crippen molar-refractivity contribution in [3.63, 3.8) is 0 Å². The van der Waals surface area contributed by atoms with Crippen LogP contribution in [0.2, 0.25) is 0 Å². The summed E-state index contributed by atoms with van der Waals surface area (Å²) in [4.78, 5) is 77.1. The number of para-hydroxylation sites is 1.